The van der Waals surface area contributed by atoms with Crippen molar-refractivity contribution in [2.45, 2.75) is 69.5 Å². The smallest absolute Gasteiger partial charge is 0.253 e. The van der Waals surface area contributed by atoms with Gasteiger partial charge in [0, 0.05) is 0 Å². The lowest BCUT2D eigenvalue weighted by atomic mass is 10.1. The molecule has 1 rings (SSSR count). The minimum Gasteiger partial charge on any atom is -0.253 e. The average Bonchev–Trinajstić information content (AvgIpc) is 2.45. The number of halogens is 3. The third kappa shape index (κ3) is 6.91. The van der Waals surface area contributed by atoms with E-state index in [4.69, 9.17) is 0 Å². The lowest BCUT2D eigenvalue weighted by Gasteiger charge is -2.20. The van der Waals surface area contributed by atoms with E-state index in [0.717, 1.165) is 24.8 Å². The fourth-order valence-electron chi connectivity index (χ4n) is 2.11. The van der Waals surface area contributed by atoms with Crippen LogP contribution >= 0.6 is 0 Å². The number of benzene rings is 1. The Labute approximate surface area is 136 Å². The fourth-order valence-corrected chi connectivity index (χ4v) is 3.20. The molecule has 0 aliphatic carbocycles. The van der Waals surface area contributed by atoms with Crippen molar-refractivity contribution in [2.24, 2.45) is 0 Å². The number of aryl methyl sites for hydroxylation is 1. The summed E-state index contributed by atoms with van der Waals surface area (Å²) < 4.78 is 67.6. The number of hydrogen-bond acceptors (Lipinski definition) is 3. The van der Waals surface area contributed by atoms with Gasteiger partial charge in [-0.2, -0.15) is 21.6 Å². The van der Waals surface area contributed by atoms with Gasteiger partial charge in [-0.05, 0) is 25.5 Å². The first kappa shape index (κ1) is 20.0. The summed E-state index contributed by atoms with van der Waals surface area (Å²) in [5.74, 6) is 0. The summed E-state index contributed by atoms with van der Waals surface area (Å²) in [6.45, 7) is 3.77. The molecule has 0 saturated carbocycles. The highest BCUT2D eigenvalue weighted by molar-refractivity contribution is 7.86. The monoisotopic (exact) mass is 352 g/mol. The van der Waals surface area contributed by atoms with E-state index in [1.807, 2.05) is 6.92 Å². The van der Waals surface area contributed by atoms with Crippen LogP contribution in [0.1, 0.15) is 51.0 Å². The Morgan fingerprint density at radius 3 is 2.13 bits per heavy atom. The van der Waals surface area contributed by atoms with Gasteiger partial charge in [-0.3, -0.25) is 4.18 Å². The van der Waals surface area contributed by atoms with Gasteiger partial charge in [-0.15, -0.1) is 0 Å². The predicted molar refractivity (Wildman–Crippen MR) is 82.7 cm³/mol. The first-order chi connectivity index (χ1) is 10.7. The Morgan fingerprint density at radius 2 is 1.61 bits per heavy atom. The topological polar surface area (TPSA) is 43.4 Å². The third-order valence-electron chi connectivity index (χ3n) is 3.49. The SMILES string of the molecule is CCCCCCCC(OS(=O)(=O)c1ccc(C)cc1)C(F)(F)F. The first-order valence-corrected chi connectivity index (χ1v) is 9.14. The maximum Gasteiger partial charge on any atom is 0.416 e. The molecule has 1 atom stereocenters. The molecule has 132 valence electrons. The quantitative estimate of drug-likeness (QED) is 0.464. The van der Waals surface area contributed by atoms with Crippen molar-refractivity contribution in [3.63, 3.8) is 0 Å². The van der Waals surface area contributed by atoms with E-state index in [1.54, 1.807) is 6.92 Å². The van der Waals surface area contributed by atoms with Crippen LogP contribution in [-0.4, -0.2) is 20.7 Å². The summed E-state index contributed by atoms with van der Waals surface area (Å²) >= 11 is 0. The molecule has 0 N–H and O–H groups in total. The maximum absolute atomic E-state index is 13.0. The fraction of sp³-hybridized carbons (Fsp3) is 0.625. The van der Waals surface area contributed by atoms with Crippen LogP contribution < -0.4 is 0 Å². The highest BCUT2D eigenvalue weighted by atomic mass is 32.2. The number of hydrogen-bond donors (Lipinski definition) is 0. The molecule has 0 fully saturated rings. The van der Waals surface area contributed by atoms with Gasteiger partial charge >= 0.3 is 6.18 Å². The predicted octanol–water partition coefficient (Wildman–Crippen LogP) is 4.99. The molecule has 1 aromatic carbocycles. The Balaban J connectivity index is 2.74. The molecule has 7 heteroatoms. The molecule has 0 spiro atoms. The van der Waals surface area contributed by atoms with Crippen molar-refractivity contribution in [2.75, 3.05) is 0 Å². The molecule has 0 radical (unpaired) electrons. The normalized spacial score (nSPS) is 14.0. The molecule has 1 aromatic rings. The molecule has 0 aliphatic heterocycles. The molecule has 1 unspecified atom stereocenters. The van der Waals surface area contributed by atoms with Crippen LogP contribution in [-0.2, 0) is 14.3 Å². The molecule has 0 aliphatic rings. The minimum atomic E-state index is -4.71. The molecule has 0 amide bonds. The van der Waals surface area contributed by atoms with Crippen LogP contribution in [0.25, 0.3) is 0 Å². The van der Waals surface area contributed by atoms with Crippen molar-refractivity contribution in [1.82, 2.24) is 0 Å². The summed E-state index contributed by atoms with van der Waals surface area (Å²) in [4.78, 5) is -0.261. The summed E-state index contributed by atoms with van der Waals surface area (Å²) in [5, 5.41) is 0. The average molecular weight is 352 g/mol. The number of unbranched alkanes of at least 4 members (excludes halogenated alkanes) is 4. The van der Waals surface area contributed by atoms with E-state index < -0.39 is 22.4 Å². The Bertz CT molecular complexity index is 565. The molecule has 23 heavy (non-hydrogen) atoms. The zero-order chi connectivity index (χ0) is 17.5. The largest absolute Gasteiger partial charge is 0.416 e. The van der Waals surface area contributed by atoms with Crippen LogP contribution in [0.15, 0.2) is 29.2 Å². The van der Waals surface area contributed by atoms with E-state index in [9.17, 15) is 21.6 Å². The van der Waals surface area contributed by atoms with E-state index in [1.165, 1.54) is 24.3 Å². The first-order valence-electron chi connectivity index (χ1n) is 7.73. The van der Waals surface area contributed by atoms with Gasteiger partial charge in [0.2, 0.25) is 0 Å². The summed E-state index contributed by atoms with van der Waals surface area (Å²) in [6.07, 6.45) is -3.65. The zero-order valence-corrected chi connectivity index (χ0v) is 14.2. The van der Waals surface area contributed by atoms with Gasteiger partial charge < -0.3 is 0 Å². The molecular formula is C16H23F3O3S. The van der Waals surface area contributed by atoms with Crippen LogP contribution in [0.5, 0.6) is 0 Å². The highest BCUT2D eigenvalue weighted by Gasteiger charge is 2.43. The second-order valence-corrected chi connectivity index (χ2v) is 7.17. The zero-order valence-electron chi connectivity index (χ0n) is 13.4. The van der Waals surface area contributed by atoms with Gasteiger partial charge in [0.25, 0.3) is 10.1 Å². The van der Waals surface area contributed by atoms with Gasteiger partial charge in [0.1, 0.15) is 0 Å². The van der Waals surface area contributed by atoms with Crippen LogP contribution in [0.4, 0.5) is 13.2 Å². The molecule has 0 bridgehead atoms. The molecule has 0 saturated heterocycles. The van der Waals surface area contributed by atoms with Crippen LogP contribution in [0.3, 0.4) is 0 Å². The molecule has 0 aromatic heterocycles. The lowest BCUT2D eigenvalue weighted by Crippen LogP contribution is -2.33. The van der Waals surface area contributed by atoms with Gasteiger partial charge in [0.15, 0.2) is 6.10 Å². The van der Waals surface area contributed by atoms with Crippen molar-refractivity contribution < 1.29 is 25.8 Å². The molecule has 3 nitrogen and oxygen atoms in total. The van der Waals surface area contributed by atoms with E-state index >= 15 is 0 Å². The second-order valence-electron chi connectivity index (χ2n) is 5.60. The Kier molecular flexibility index (Phi) is 7.54. The van der Waals surface area contributed by atoms with Crippen LogP contribution in [0.2, 0.25) is 0 Å². The van der Waals surface area contributed by atoms with E-state index in [2.05, 4.69) is 4.18 Å². The van der Waals surface area contributed by atoms with Crippen molar-refractivity contribution in [3.8, 4) is 0 Å². The second kappa shape index (κ2) is 8.68. The Hall–Kier alpha value is -1.08. The third-order valence-corrected chi connectivity index (χ3v) is 4.82. The minimum absolute atomic E-state index is 0.261. The number of alkyl halides is 3. The lowest BCUT2D eigenvalue weighted by molar-refractivity contribution is -0.195. The van der Waals surface area contributed by atoms with E-state index in [0.29, 0.717) is 6.42 Å². The maximum atomic E-state index is 13.0. The van der Waals surface area contributed by atoms with Crippen molar-refractivity contribution in [1.29, 1.82) is 0 Å². The van der Waals surface area contributed by atoms with Gasteiger partial charge in [0.05, 0.1) is 4.90 Å². The summed E-state index contributed by atoms with van der Waals surface area (Å²) in [7, 11) is -4.43. The van der Waals surface area contributed by atoms with Crippen molar-refractivity contribution >= 4 is 10.1 Å². The Morgan fingerprint density at radius 1 is 1.04 bits per heavy atom. The number of rotatable bonds is 9. The molecular weight excluding hydrogens is 329 g/mol. The summed E-state index contributed by atoms with van der Waals surface area (Å²) in [6, 6.07) is 5.53. The van der Waals surface area contributed by atoms with E-state index in [-0.39, 0.29) is 17.7 Å². The van der Waals surface area contributed by atoms with Crippen LogP contribution in [0, 0.1) is 6.92 Å². The van der Waals surface area contributed by atoms with Gasteiger partial charge in [-0.25, -0.2) is 0 Å². The van der Waals surface area contributed by atoms with Gasteiger partial charge in [-0.1, -0.05) is 56.7 Å². The standard InChI is InChI=1S/C16H23F3O3S/c1-3-4-5-6-7-8-15(16(17,18)19)22-23(20,21)14-11-9-13(2)10-12-14/h9-12,15H,3-8H2,1-2H3. The van der Waals surface area contributed by atoms with Crippen molar-refractivity contribution in [3.05, 3.63) is 29.8 Å². The summed E-state index contributed by atoms with van der Waals surface area (Å²) in [5.41, 5.74) is 0.812. The highest BCUT2D eigenvalue weighted by Crippen LogP contribution is 2.30. The molecule has 0 heterocycles.